The number of phenols is 2. The third-order valence-electron chi connectivity index (χ3n) is 3.16. The Labute approximate surface area is 138 Å². The largest absolute Gasteiger partial charge is 0.504 e. The van der Waals surface area contributed by atoms with Crippen LogP contribution in [0, 0.1) is 0 Å². The third-order valence-corrected chi connectivity index (χ3v) is 5.37. The van der Waals surface area contributed by atoms with E-state index in [0.717, 1.165) is 0 Å². The monoisotopic (exact) mass is 414 g/mol. The molecule has 0 heterocycles. The summed E-state index contributed by atoms with van der Waals surface area (Å²) in [5.74, 6) is -2.26. The molecule has 0 saturated carbocycles. The molecule has 4 nitrogen and oxygen atoms in total. The van der Waals surface area contributed by atoms with Crippen LogP contribution in [-0.4, -0.2) is 21.3 Å². The van der Waals surface area contributed by atoms with Crippen LogP contribution >= 0.6 is 31.9 Å². The van der Waals surface area contributed by atoms with Crippen LogP contribution in [-0.2, 0) is 11.2 Å². The minimum Gasteiger partial charge on any atom is -0.504 e. The summed E-state index contributed by atoms with van der Waals surface area (Å²) < 4.78 is 0.828. The highest BCUT2D eigenvalue weighted by Gasteiger charge is 2.23. The lowest BCUT2D eigenvalue weighted by molar-refractivity contribution is -0.138. The fourth-order valence-electron chi connectivity index (χ4n) is 2.06. The number of carboxylic acid groups (broad SMARTS) is 1. The van der Waals surface area contributed by atoms with Crippen molar-refractivity contribution >= 4 is 37.8 Å². The van der Waals surface area contributed by atoms with Gasteiger partial charge < -0.3 is 15.3 Å². The lowest BCUT2D eigenvalue weighted by atomic mass is 9.92. The Morgan fingerprint density at radius 2 is 1.71 bits per heavy atom. The third kappa shape index (κ3) is 3.39. The van der Waals surface area contributed by atoms with Gasteiger partial charge in [0.2, 0.25) is 0 Å². The molecule has 0 radical (unpaired) electrons. The fourth-order valence-corrected chi connectivity index (χ4v) is 2.98. The van der Waals surface area contributed by atoms with Crippen LogP contribution in [0.2, 0.25) is 0 Å². The van der Waals surface area contributed by atoms with Crippen LogP contribution in [0.1, 0.15) is 17.0 Å². The number of aromatic hydroxyl groups is 2. The van der Waals surface area contributed by atoms with Crippen molar-refractivity contribution in [3.63, 3.8) is 0 Å². The molecule has 0 amide bonds. The molecule has 0 fully saturated rings. The van der Waals surface area contributed by atoms with Crippen LogP contribution in [0.25, 0.3) is 0 Å². The van der Waals surface area contributed by atoms with Gasteiger partial charge in [-0.1, -0.05) is 30.3 Å². The molecular formula is C15H12Br2O4. The van der Waals surface area contributed by atoms with Gasteiger partial charge in [0.25, 0.3) is 0 Å². The van der Waals surface area contributed by atoms with Gasteiger partial charge in [0, 0.05) is 4.47 Å². The van der Waals surface area contributed by atoms with Gasteiger partial charge >= 0.3 is 5.97 Å². The van der Waals surface area contributed by atoms with Gasteiger partial charge in [0.15, 0.2) is 11.5 Å². The van der Waals surface area contributed by atoms with Crippen LogP contribution < -0.4 is 0 Å². The quantitative estimate of drug-likeness (QED) is 0.658. The predicted octanol–water partition coefficient (Wildman–Crippen LogP) is 4.03. The predicted molar refractivity (Wildman–Crippen MR) is 85.7 cm³/mol. The maximum absolute atomic E-state index is 11.5. The first-order chi connectivity index (χ1) is 9.91. The van der Waals surface area contributed by atoms with Gasteiger partial charge in [-0.05, 0) is 55.5 Å². The van der Waals surface area contributed by atoms with Crippen LogP contribution in [0.5, 0.6) is 11.5 Å². The van der Waals surface area contributed by atoms with E-state index in [0.29, 0.717) is 20.1 Å². The molecule has 0 saturated heterocycles. The molecule has 110 valence electrons. The number of aliphatic carboxylic acids is 1. The van der Waals surface area contributed by atoms with Crippen molar-refractivity contribution in [3.05, 3.63) is 56.5 Å². The first-order valence-electron chi connectivity index (χ1n) is 6.08. The van der Waals surface area contributed by atoms with Crippen molar-refractivity contribution in [3.8, 4) is 11.5 Å². The van der Waals surface area contributed by atoms with E-state index in [2.05, 4.69) is 31.9 Å². The van der Waals surface area contributed by atoms with Gasteiger partial charge in [0.1, 0.15) is 0 Å². The molecule has 0 bridgehead atoms. The lowest BCUT2D eigenvalue weighted by Gasteiger charge is -2.15. The second-order valence-corrected chi connectivity index (χ2v) is 6.12. The van der Waals surface area contributed by atoms with E-state index in [1.165, 1.54) is 6.07 Å². The van der Waals surface area contributed by atoms with Crippen LogP contribution in [0.3, 0.4) is 0 Å². The van der Waals surface area contributed by atoms with Crippen molar-refractivity contribution in [2.24, 2.45) is 0 Å². The Balaban J connectivity index is 2.41. The van der Waals surface area contributed by atoms with E-state index in [1.54, 1.807) is 24.3 Å². The molecule has 6 heteroatoms. The van der Waals surface area contributed by atoms with E-state index in [9.17, 15) is 20.1 Å². The first-order valence-corrected chi connectivity index (χ1v) is 7.67. The second kappa shape index (κ2) is 6.49. The molecule has 0 spiro atoms. The average molecular weight is 416 g/mol. The highest BCUT2D eigenvalue weighted by molar-refractivity contribution is 9.13. The number of carbonyl (C=O) groups is 1. The summed E-state index contributed by atoms with van der Waals surface area (Å²) in [5, 5.41) is 28.7. The Bertz CT molecular complexity index is 671. The van der Waals surface area contributed by atoms with Crippen LogP contribution in [0.4, 0.5) is 0 Å². The van der Waals surface area contributed by atoms with E-state index in [1.807, 2.05) is 6.07 Å². The van der Waals surface area contributed by atoms with Gasteiger partial charge in [-0.2, -0.15) is 0 Å². The molecule has 0 aliphatic carbocycles. The number of benzene rings is 2. The van der Waals surface area contributed by atoms with Crippen molar-refractivity contribution in [1.29, 1.82) is 0 Å². The van der Waals surface area contributed by atoms with Gasteiger partial charge in [0.05, 0.1) is 10.4 Å². The molecule has 21 heavy (non-hydrogen) atoms. The van der Waals surface area contributed by atoms with Crippen molar-refractivity contribution in [2.45, 2.75) is 12.3 Å². The zero-order valence-electron chi connectivity index (χ0n) is 10.8. The molecule has 1 unspecified atom stereocenters. The summed E-state index contributed by atoms with van der Waals surface area (Å²) in [7, 11) is 0. The Morgan fingerprint density at radius 1 is 1.10 bits per heavy atom. The molecule has 2 aromatic carbocycles. The molecule has 3 N–H and O–H groups in total. The summed E-state index contributed by atoms with van der Waals surface area (Å²) >= 11 is 6.46. The second-order valence-electron chi connectivity index (χ2n) is 4.54. The zero-order chi connectivity index (χ0) is 15.6. The Hall–Kier alpha value is -1.53. The molecular weight excluding hydrogens is 404 g/mol. The number of phenolic OH excluding ortho intramolecular Hbond substituents is 2. The minimum absolute atomic E-state index is 0.187. The number of rotatable bonds is 4. The van der Waals surface area contributed by atoms with Crippen molar-refractivity contribution < 1.29 is 20.1 Å². The fraction of sp³-hybridized carbons (Fsp3) is 0.133. The molecule has 0 aliphatic rings. The maximum Gasteiger partial charge on any atom is 0.311 e. The lowest BCUT2D eigenvalue weighted by Crippen LogP contribution is -2.14. The smallest absolute Gasteiger partial charge is 0.311 e. The maximum atomic E-state index is 11.5. The van der Waals surface area contributed by atoms with Crippen molar-refractivity contribution in [1.82, 2.24) is 0 Å². The zero-order valence-corrected chi connectivity index (χ0v) is 13.9. The number of hydrogen-bond donors (Lipinski definition) is 3. The summed E-state index contributed by atoms with van der Waals surface area (Å²) in [4.78, 5) is 11.5. The standard InChI is InChI=1S/C15H12Br2O4/c16-12-9(7-11(18)14(19)13(12)17)6-10(15(20)21)8-4-2-1-3-5-8/h1-5,7,10,18-19H,6H2,(H,20,21). The number of hydrogen-bond acceptors (Lipinski definition) is 3. The Kier molecular flexibility index (Phi) is 4.90. The molecule has 1 atom stereocenters. The van der Waals surface area contributed by atoms with E-state index >= 15 is 0 Å². The van der Waals surface area contributed by atoms with Gasteiger partial charge in [-0.25, -0.2) is 0 Å². The highest BCUT2D eigenvalue weighted by Crippen LogP contribution is 2.42. The van der Waals surface area contributed by atoms with Gasteiger partial charge in [-0.3, -0.25) is 4.79 Å². The van der Waals surface area contributed by atoms with Gasteiger partial charge in [-0.15, -0.1) is 0 Å². The number of carboxylic acids is 1. The average Bonchev–Trinajstić information content (AvgIpc) is 2.48. The van der Waals surface area contributed by atoms with E-state index < -0.39 is 11.9 Å². The topological polar surface area (TPSA) is 77.8 Å². The van der Waals surface area contributed by atoms with Crippen LogP contribution in [0.15, 0.2) is 45.3 Å². The summed E-state index contributed by atoms with van der Waals surface area (Å²) in [6.07, 6.45) is 0.187. The molecule has 2 aromatic rings. The number of halogens is 2. The summed E-state index contributed by atoms with van der Waals surface area (Å²) in [5.41, 5.74) is 1.27. The summed E-state index contributed by atoms with van der Waals surface area (Å²) in [6.45, 7) is 0. The van der Waals surface area contributed by atoms with E-state index in [-0.39, 0.29) is 17.9 Å². The molecule has 2 rings (SSSR count). The SMILES string of the molecule is O=C(O)C(Cc1cc(O)c(O)c(Br)c1Br)c1ccccc1. The molecule has 0 aliphatic heterocycles. The first kappa shape index (κ1) is 15.9. The molecule has 0 aromatic heterocycles. The minimum atomic E-state index is -0.947. The highest BCUT2D eigenvalue weighted by atomic mass is 79.9. The normalized spacial score (nSPS) is 12.1. The van der Waals surface area contributed by atoms with E-state index in [4.69, 9.17) is 0 Å². The Morgan fingerprint density at radius 3 is 2.29 bits per heavy atom. The summed E-state index contributed by atoms with van der Waals surface area (Å²) in [6, 6.07) is 10.3. The van der Waals surface area contributed by atoms with Crippen molar-refractivity contribution in [2.75, 3.05) is 0 Å².